The second kappa shape index (κ2) is 5.05. The van der Waals surface area contributed by atoms with E-state index in [4.69, 9.17) is 10.5 Å². The molecule has 0 unspecified atom stereocenters. The Morgan fingerprint density at radius 1 is 1.26 bits per heavy atom. The van der Waals surface area contributed by atoms with Gasteiger partial charge in [0.25, 0.3) is 0 Å². The number of hydrogen-bond donors (Lipinski definition) is 1. The number of anilines is 3. The lowest BCUT2D eigenvalue weighted by Gasteiger charge is -2.21. The van der Waals surface area contributed by atoms with Crippen molar-refractivity contribution >= 4 is 33.4 Å². The highest BCUT2D eigenvalue weighted by Gasteiger charge is 2.20. The van der Waals surface area contributed by atoms with E-state index >= 15 is 0 Å². The lowest BCUT2D eigenvalue weighted by molar-refractivity contribution is 0.322. The molecule has 0 atom stereocenters. The van der Waals surface area contributed by atoms with E-state index in [1.807, 2.05) is 29.2 Å². The van der Waals surface area contributed by atoms with Crippen molar-refractivity contribution in [3.8, 4) is 5.75 Å². The molecule has 1 aliphatic rings. The molecule has 0 radical (unpaired) electrons. The van der Waals surface area contributed by atoms with Crippen molar-refractivity contribution in [3.63, 3.8) is 0 Å². The fourth-order valence-corrected chi connectivity index (χ4v) is 2.47. The number of hydrogen-bond acceptors (Lipinski definition) is 5. The van der Waals surface area contributed by atoms with Crippen molar-refractivity contribution in [3.05, 3.63) is 34.9 Å². The van der Waals surface area contributed by atoms with Crippen molar-refractivity contribution in [2.24, 2.45) is 0 Å². The monoisotopic (exact) mass is 320 g/mol. The molecule has 5 nitrogen and oxygen atoms in total. The Balaban J connectivity index is 2.09. The highest BCUT2D eigenvalue weighted by molar-refractivity contribution is 9.10. The SMILES string of the molecule is Nc1cc(Br)nc(N2CCCOc3ccccc32)n1. The fourth-order valence-electron chi connectivity index (χ4n) is 2.08. The number of benzene rings is 1. The molecule has 1 aliphatic heterocycles. The molecule has 0 spiro atoms. The second-order valence-electron chi connectivity index (χ2n) is 4.24. The molecule has 2 N–H and O–H groups in total. The Morgan fingerprint density at radius 3 is 2.95 bits per heavy atom. The van der Waals surface area contributed by atoms with Crippen LogP contribution in [-0.4, -0.2) is 23.1 Å². The van der Waals surface area contributed by atoms with E-state index in [0.717, 1.165) is 24.4 Å². The summed E-state index contributed by atoms with van der Waals surface area (Å²) in [4.78, 5) is 10.7. The Kier molecular flexibility index (Phi) is 3.25. The quantitative estimate of drug-likeness (QED) is 0.818. The van der Waals surface area contributed by atoms with Gasteiger partial charge in [-0.1, -0.05) is 12.1 Å². The molecular formula is C13H13BrN4O. The minimum atomic E-state index is 0.444. The summed E-state index contributed by atoms with van der Waals surface area (Å²) < 4.78 is 6.40. The van der Waals surface area contributed by atoms with Gasteiger partial charge in [0, 0.05) is 12.6 Å². The largest absolute Gasteiger partial charge is 0.491 e. The van der Waals surface area contributed by atoms with Gasteiger partial charge in [-0.2, -0.15) is 4.98 Å². The maximum absolute atomic E-state index is 5.79. The van der Waals surface area contributed by atoms with Crippen LogP contribution in [0.1, 0.15) is 6.42 Å². The number of ether oxygens (including phenoxy) is 1. The average molecular weight is 321 g/mol. The molecule has 98 valence electrons. The molecule has 1 aromatic carbocycles. The van der Waals surface area contributed by atoms with E-state index in [1.165, 1.54) is 0 Å². The van der Waals surface area contributed by atoms with Crippen LogP contribution in [0.2, 0.25) is 0 Å². The molecule has 0 saturated carbocycles. The Hall–Kier alpha value is -1.82. The van der Waals surface area contributed by atoms with Gasteiger partial charge in [0.1, 0.15) is 16.2 Å². The second-order valence-corrected chi connectivity index (χ2v) is 5.05. The van der Waals surface area contributed by atoms with Gasteiger partial charge in [-0.3, -0.25) is 0 Å². The van der Waals surface area contributed by atoms with Crippen LogP contribution in [0.5, 0.6) is 5.75 Å². The van der Waals surface area contributed by atoms with Crippen LogP contribution in [0.25, 0.3) is 0 Å². The first kappa shape index (κ1) is 12.2. The van der Waals surface area contributed by atoms with Crippen LogP contribution in [0, 0.1) is 0 Å². The van der Waals surface area contributed by atoms with Crippen LogP contribution in [0.3, 0.4) is 0 Å². The topological polar surface area (TPSA) is 64.3 Å². The van der Waals surface area contributed by atoms with Gasteiger partial charge in [0.2, 0.25) is 5.95 Å². The number of aromatic nitrogens is 2. The van der Waals surface area contributed by atoms with E-state index in [0.29, 0.717) is 23.0 Å². The predicted octanol–water partition coefficient (Wildman–Crippen LogP) is 2.74. The van der Waals surface area contributed by atoms with Gasteiger partial charge in [-0.15, -0.1) is 0 Å². The van der Waals surface area contributed by atoms with Gasteiger partial charge in [-0.05, 0) is 34.5 Å². The smallest absolute Gasteiger partial charge is 0.233 e. The summed E-state index contributed by atoms with van der Waals surface area (Å²) in [6.45, 7) is 1.49. The van der Waals surface area contributed by atoms with Crippen molar-refractivity contribution < 1.29 is 4.74 Å². The minimum Gasteiger partial charge on any atom is -0.491 e. The van der Waals surface area contributed by atoms with E-state index in [-0.39, 0.29) is 0 Å². The summed E-state index contributed by atoms with van der Waals surface area (Å²) >= 11 is 3.35. The molecule has 0 bridgehead atoms. The van der Waals surface area contributed by atoms with Crippen LogP contribution in [0.4, 0.5) is 17.5 Å². The summed E-state index contributed by atoms with van der Waals surface area (Å²) in [6.07, 6.45) is 0.907. The van der Waals surface area contributed by atoms with E-state index < -0.39 is 0 Å². The molecule has 0 amide bonds. The highest BCUT2D eigenvalue weighted by Crippen LogP contribution is 2.34. The van der Waals surface area contributed by atoms with Crippen LogP contribution >= 0.6 is 15.9 Å². The molecule has 19 heavy (non-hydrogen) atoms. The molecule has 1 aromatic heterocycles. The third-order valence-corrected chi connectivity index (χ3v) is 3.29. The number of nitrogens with two attached hydrogens (primary N) is 1. The van der Waals surface area contributed by atoms with E-state index in [9.17, 15) is 0 Å². The van der Waals surface area contributed by atoms with Crippen LogP contribution in [-0.2, 0) is 0 Å². The number of para-hydroxylation sites is 2. The summed E-state index contributed by atoms with van der Waals surface area (Å²) in [5.41, 5.74) is 6.76. The van der Waals surface area contributed by atoms with Crippen molar-refractivity contribution in [2.45, 2.75) is 6.42 Å². The van der Waals surface area contributed by atoms with Gasteiger partial charge in [0.15, 0.2) is 0 Å². The molecule has 0 aliphatic carbocycles. The molecule has 0 saturated heterocycles. The molecule has 3 rings (SSSR count). The number of nitrogens with zero attached hydrogens (tertiary/aromatic N) is 3. The molecule has 2 heterocycles. The predicted molar refractivity (Wildman–Crippen MR) is 77.7 cm³/mol. The molecule has 6 heteroatoms. The molecule has 2 aromatic rings. The number of nitrogen functional groups attached to an aromatic ring is 1. The fraction of sp³-hybridized carbons (Fsp3) is 0.231. The maximum atomic E-state index is 5.79. The van der Waals surface area contributed by atoms with Crippen molar-refractivity contribution in [1.29, 1.82) is 0 Å². The first-order valence-electron chi connectivity index (χ1n) is 6.03. The normalized spacial score (nSPS) is 14.5. The zero-order valence-electron chi connectivity index (χ0n) is 10.2. The highest BCUT2D eigenvalue weighted by atomic mass is 79.9. The molecule has 0 fully saturated rings. The van der Waals surface area contributed by atoms with Crippen molar-refractivity contribution in [1.82, 2.24) is 9.97 Å². The standard InChI is InChI=1S/C13H13BrN4O/c14-11-8-12(15)17-13(16-11)18-6-3-7-19-10-5-2-1-4-9(10)18/h1-2,4-5,8H,3,6-7H2,(H2,15,16,17). The Morgan fingerprint density at radius 2 is 2.11 bits per heavy atom. The molecular weight excluding hydrogens is 308 g/mol. The summed E-state index contributed by atoms with van der Waals surface area (Å²) in [5, 5.41) is 0. The van der Waals surface area contributed by atoms with Gasteiger partial charge in [-0.25, -0.2) is 4.98 Å². The number of fused-ring (bicyclic) bond motifs is 1. The van der Waals surface area contributed by atoms with Crippen LogP contribution < -0.4 is 15.4 Å². The van der Waals surface area contributed by atoms with E-state index in [2.05, 4.69) is 25.9 Å². The van der Waals surface area contributed by atoms with E-state index in [1.54, 1.807) is 6.07 Å². The number of rotatable bonds is 1. The average Bonchev–Trinajstić information content (AvgIpc) is 2.59. The van der Waals surface area contributed by atoms with Gasteiger partial charge in [0.05, 0.1) is 12.3 Å². The first-order chi connectivity index (χ1) is 9.24. The van der Waals surface area contributed by atoms with Gasteiger partial charge >= 0.3 is 0 Å². The first-order valence-corrected chi connectivity index (χ1v) is 6.83. The lowest BCUT2D eigenvalue weighted by atomic mass is 10.2. The van der Waals surface area contributed by atoms with Gasteiger partial charge < -0.3 is 15.4 Å². The third kappa shape index (κ3) is 2.49. The number of halogens is 1. The summed E-state index contributed by atoms with van der Waals surface area (Å²) in [6, 6.07) is 9.57. The third-order valence-electron chi connectivity index (χ3n) is 2.88. The van der Waals surface area contributed by atoms with Crippen LogP contribution in [0.15, 0.2) is 34.9 Å². The Labute approximate surface area is 119 Å². The van der Waals surface area contributed by atoms with Crippen molar-refractivity contribution in [2.75, 3.05) is 23.8 Å². The minimum absolute atomic E-state index is 0.444. The lowest BCUT2D eigenvalue weighted by Crippen LogP contribution is -2.20. The summed E-state index contributed by atoms with van der Waals surface area (Å²) in [7, 11) is 0. The Bertz CT molecular complexity index is 585. The zero-order valence-corrected chi connectivity index (χ0v) is 11.8. The maximum Gasteiger partial charge on any atom is 0.233 e. The summed E-state index contributed by atoms with van der Waals surface area (Å²) in [5.74, 6) is 1.88. The zero-order chi connectivity index (χ0) is 13.2.